The van der Waals surface area contributed by atoms with Crippen LogP contribution in [-0.4, -0.2) is 36.6 Å². The lowest BCUT2D eigenvalue weighted by Gasteiger charge is -2.13. The van der Waals surface area contributed by atoms with Crippen LogP contribution >= 0.6 is 0 Å². The molecule has 158 valence electrons. The van der Waals surface area contributed by atoms with Gasteiger partial charge in [-0.05, 0) is 36.4 Å². The molecule has 0 aliphatic rings. The number of carbonyl (C=O) groups is 1. The fourth-order valence-corrected chi connectivity index (χ4v) is 4.20. The van der Waals surface area contributed by atoms with Crippen LogP contribution in [0.4, 0.5) is 11.5 Å². The number of H-pyrrole nitrogens is 1. The molecule has 0 spiro atoms. The third-order valence-corrected chi connectivity index (χ3v) is 5.91. The Bertz CT molecular complexity index is 1370. The molecular formula is C21H19N5O4S. The molecule has 0 unspecified atom stereocenters. The Labute approximate surface area is 178 Å². The van der Waals surface area contributed by atoms with Gasteiger partial charge >= 0.3 is 0 Å². The maximum atomic E-state index is 12.9. The monoisotopic (exact) mass is 437 g/mol. The molecular weight excluding hydrogens is 418 g/mol. The molecule has 0 fully saturated rings. The van der Waals surface area contributed by atoms with Crippen LogP contribution in [0.3, 0.4) is 0 Å². The second-order valence-corrected chi connectivity index (χ2v) is 8.39. The van der Waals surface area contributed by atoms with Gasteiger partial charge in [-0.3, -0.25) is 14.6 Å². The molecule has 31 heavy (non-hydrogen) atoms. The molecule has 0 radical (unpaired) electrons. The normalized spacial score (nSPS) is 11.3. The molecule has 1 amide bonds. The number of ether oxygens (including phenoxy) is 1. The Morgan fingerprint density at radius 2 is 1.87 bits per heavy atom. The second kappa shape index (κ2) is 8.07. The van der Waals surface area contributed by atoms with E-state index in [0.717, 1.165) is 0 Å². The summed E-state index contributed by atoms with van der Waals surface area (Å²) in [6, 6.07) is 15.0. The minimum absolute atomic E-state index is 0.0709. The number of hydrogen-bond donors (Lipinski definition) is 3. The predicted molar refractivity (Wildman–Crippen MR) is 117 cm³/mol. The van der Waals surface area contributed by atoms with Gasteiger partial charge in [0.15, 0.2) is 5.65 Å². The lowest BCUT2D eigenvalue weighted by atomic mass is 10.1. The lowest BCUT2D eigenvalue weighted by molar-refractivity contribution is -0.114. The predicted octanol–water partition coefficient (Wildman–Crippen LogP) is 3.39. The summed E-state index contributed by atoms with van der Waals surface area (Å²) in [5.41, 5.74) is 2.01. The highest BCUT2D eigenvalue weighted by molar-refractivity contribution is 7.92. The minimum Gasteiger partial charge on any atom is -0.496 e. The van der Waals surface area contributed by atoms with Crippen LogP contribution in [0.2, 0.25) is 0 Å². The van der Waals surface area contributed by atoms with Crippen LogP contribution < -0.4 is 14.8 Å². The SMILES string of the molecule is COc1ccc(S(=O)(=O)Nc2ccccc2)cc1-c1cnc2n[nH]c(NC(C)=O)c2c1. The fourth-order valence-electron chi connectivity index (χ4n) is 3.12. The largest absolute Gasteiger partial charge is 0.496 e. The van der Waals surface area contributed by atoms with E-state index < -0.39 is 10.0 Å². The van der Waals surface area contributed by atoms with Crippen LogP contribution in [0.25, 0.3) is 22.2 Å². The number of nitrogens with one attached hydrogen (secondary N) is 3. The van der Waals surface area contributed by atoms with Gasteiger partial charge in [0, 0.05) is 29.9 Å². The van der Waals surface area contributed by atoms with Gasteiger partial charge in [-0.15, -0.1) is 0 Å². The first kappa shape index (κ1) is 20.4. The van der Waals surface area contributed by atoms with Gasteiger partial charge in [0.2, 0.25) is 5.91 Å². The Kier molecular flexibility index (Phi) is 5.30. The van der Waals surface area contributed by atoms with E-state index in [1.54, 1.807) is 48.7 Å². The smallest absolute Gasteiger partial charge is 0.261 e. The molecule has 2 aromatic heterocycles. The summed E-state index contributed by atoms with van der Waals surface area (Å²) in [6.45, 7) is 1.39. The van der Waals surface area contributed by atoms with E-state index in [1.165, 1.54) is 26.2 Å². The van der Waals surface area contributed by atoms with Crippen molar-refractivity contribution in [2.24, 2.45) is 0 Å². The minimum atomic E-state index is -3.83. The number of amides is 1. The molecule has 0 atom stereocenters. The molecule has 0 saturated heterocycles. The molecule has 3 N–H and O–H groups in total. The molecule has 0 saturated carbocycles. The van der Waals surface area contributed by atoms with Crippen molar-refractivity contribution in [1.82, 2.24) is 15.2 Å². The summed E-state index contributed by atoms with van der Waals surface area (Å²) >= 11 is 0. The van der Waals surface area contributed by atoms with Gasteiger partial charge in [0.1, 0.15) is 11.6 Å². The Balaban J connectivity index is 1.78. The van der Waals surface area contributed by atoms with Gasteiger partial charge in [0.25, 0.3) is 10.0 Å². The number of hydrogen-bond acceptors (Lipinski definition) is 6. The molecule has 0 bridgehead atoms. The van der Waals surface area contributed by atoms with Crippen LogP contribution in [-0.2, 0) is 14.8 Å². The first-order valence-corrected chi connectivity index (χ1v) is 10.7. The number of anilines is 2. The zero-order valence-electron chi connectivity index (χ0n) is 16.7. The van der Waals surface area contributed by atoms with E-state index in [1.807, 2.05) is 0 Å². The third kappa shape index (κ3) is 4.19. The van der Waals surface area contributed by atoms with Gasteiger partial charge in [-0.25, -0.2) is 13.4 Å². The van der Waals surface area contributed by atoms with Crippen molar-refractivity contribution in [3.8, 4) is 16.9 Å². The van der Waals surface area contributed by atoms with Gasteiger partial charge in [0.05, 0.1) is 17.4 Å². The van der Waals surface area contributed by atoms with Crippen LogP contribution in [0.5, 0.6) is 5.75 Å². The topological polar surface area (TPSA) is 126 Å². The van der Waals surface area contributed by atoms with E-state index in [4.69, 9.17) is 4.74 Å². The van der Waals surface area contributed by atoms with Crippen molar-refractivity contribution < 1.29 is 17.9 Å². The zero-order valence-corrected chi connectivity index (χ0v) is 17.5. The standard InChI is InChI=1S/C21H19N5O4S/c1-13(27)23-21-18-10-14(12-22-20(18)24-25-21)17-11-16(8-9-19(17)30-2)31(28,29)26-15-6-4-3-5-7-15/h3-12,26H,1-2H3,(H2,22,23,24,25,27). The number of pyridine rings is 1. The maximum absolute atomic E-state index is 12.9. The second-order valence-electron chi connectivity index (χ2n) is 6.71. The Morgan fingerprint density at radius 1 is 1.10 bits per heavy atom. The summed E-state index contributed by atoms with van der Waals surface area (Å²) in [4.78, 5) is 15.8. The molecule has 2 heterocycles. The van der Waals surface area contributed by atoms with Crippen LogP contribution in [0.15, 0.2) is 65.7 Å². The van der Waals surface area contributed by atoms with Crippen LogP contribution in [0, 0.1) is 0 Å². The third-order valence-electron chi connectivity index (χ3n) is 4.53. The van der Waals surface area contributed by atoms with Crippen LogP contribution in [0.1, 0.15) is 6.92 Å². The number of methoxy groups -OCH3 is 1. The zero-order chi connectivity index (χ0) is 22.0. The van der Waals surface area contributed by atoms with Gasteiger partial charge in [-0.2, -0.15) is 5.10 Å². The number of aromatic amines is 1. The first-order valence-electron chi connectivity index (χ1n) is 9.25. The number of fused-ring (bicyclic) bond motifs is 1. The highest BCUT2D eigenvalue weighted by Crippen LogP contribution is 2.34. The van der Waals surface area contributed by atoms with E-state index in [9.17, 15) is 13.2 Å². The number of para-hydroxylation sites is 1. The fraction of sp³-hybridized carbons (Fsp3) is 0.0952. The average Bonchev–Trinajstić information content (AvgIpc) is 3.15. The average molecular weight is 437 g/mol. The van der Waals surface area contributed by atoms with Crippen molar-refractivity contribution in [3.63, 3.8) is 0 Å². The van der Waals surface area contributed by atoms with E-state index in [0.29, 0.717) is 39.4 Å². The molecule has 4 aromatic rings. The number of carbonyl (C=O) groups excluding carboxylic acids is 1. The summed E-state index contributed by atoms with van der Waals surface area (Å²) in [6.07, 6.45) is 1.57. The summed E-state index contributed by atoms with van der Waals surface area (Å²) in [5.74, 6) is 0.628. The number of aromatic nitrogens is 3. The molecule has 0 aliphatic carbocycles. The van der Waals surface area contributed by atoms with Crippen molar-refractivity contribution >= 4 is 38.5 Å². The maximum Gasteiger partial charge on any atom is 0.261 e. The highest BCUT2D eigenvalue weighted by atomic mass is 32.2. The van der Waals surface area contributed by atoms with Crippen molar-refractivity contribution in [3.05, 3.63) is 60.8 Å². The van der Waals surface area contributed by atoms with Crippen molar-refractivity contribution in [1.29, 1.82) is 0 Å². The molecule has 2 aromatic carbocycles. The summed E-state index contributed by atoms with van der Waals surface area (Å²) < 4.78 is 33.8. The quantitative estimate of drug-likeness (QED) is 0.424. The van der Waals surface area contributed by atoms with E-state index in [2.05, 4.69) is 25.2 Å². The number of rotatable bonds is 6. The van der Waals surface area contributed by atoms with Gasteiger partial charge < -0.3 is 10.1 Å². The summed E-state index contributed by atoms with van der Waals surface area (Å²) in [5, 5.41) is 10.1. The van der Waals surface area contributed by atoms with Crippen molar-refractivity contribution in [2.75, 3.05) is 17.1 Å². The highest BCUT2D eigenvalue weighted by Gasteiger charge is 2.19. The number of nitrogens with zero attached hydrogens (tertiary/aromatic N) is 2. The molecule has 9 nitrogen and oxygen atoms in total. The van der Waals surface area contributed by atoms with E-state index in [-0.39, 0.29) is 10.8 Å². The number of benzene rings is 2. The summed E-state index contributed by atoms with van der Waals surface area (Å²) in [7, 11) is -2.32. The molecule has 0 aliphatic heterocycles. The van der Waals surface area contributed by atoms with E-state index >= 15 is 0 Å². The van der Waals surface area contributed by atoms with Crippen molar-refractivity contribution in [2.45, 2.75) is 11.8 Å². The van der Waals surface area contributed by atoms with Gasteiger partial charge in [-0.1, -0.05) is 18.2 Å². The lowest BCUT2D eigenvalue weighted by Crippen LogP contribution is -2.13. The number of sulfonamides is 1. The molecule has 10 heteroatoms. The first-order chi connectivity index (χ1) is 14.9. The Morgan fingerprint density at radius 3 is 2.58 bits per heavy atom. The Hall–Kier alpha value is -3.92. The molecule has 4 rings (SSSR count).